The molecule has 0 unspecified atom stereocenters. The standard InChI is InChI=1S/C17H28.C3H6.C2H6.C2H2/c1-10(2)15-9-16(11(3)4)14(8)17(12(5)6)13(15)7;1-3-2;2*1-2/h9-12H,1-8H3;3H,1H2,2H3;1-2H3;1-2H. The second-order valence-corrected chi connectivity index (χ2v) is 6.59. The third-order valence-corrected chi connectivity index (χ3v) is 3.81. The molecule has 0 radical (unpaired) electrons. The second kappa shape index (κ2) is 15.1. The molecular formula is C24H42. The summed E-state index contributed by atoms with van der Waals surface area (Å²) in [4.78, 5) is 0. The van der Waals surface area contributed by atoms with Gasteiger partial charge in [-0.2, -0.15) is 0 Å². The predicted molar refractivity (Wildman–Crippen MR) is 115 cm³/mol. The molecule has 0 aliphatic carbocycles. The van der Waals surface area contributed by atoms with Gasteiger partial charge in [0.25, 0.3) is 0 Å². The molecule has 0 atom stereocenters. The number of benzene rings is 1. The van der Waals surface area contributed by atoms with Crippen LogP contribution in [0.3, 0.4) is 0 Å². The van der Waals surface area contributed by atoms with Crippen LogP contribution in [0.4, 0.5) is 0 Å². The van der Waals surface area contributed by atoms with Gasteiger partial charge >= 0.3 is 0 Å². The van der Waals surface area contributed by atoms with Crippen molar-refractivity contribution in [3.8, 4) is 12.8 Å². The molecule has 0 nitrogen and oxygen atoms in total. The van der Waals surface area contributed by atoms with Gasteiger partial charge in [0.15, 0.2) is 0 Å². The topological polar surface area (TPSA) is 0 Å². The second-order valence-electron chi connectivity index (χ2n) is 6.59. The third kappa shape index (κ3) is 8.39. The average Bonchev–Trinajstić information content (AvgIpc) is 2.51. The minimum Gasteiger partial charge on any atom is -0.124 e. The first-order valence-corrected chi connectivity index (χ1v) is 9.23. The van der Waals surface area contributed by atoms with Gasteiger partial charge < -0.3 is 0 Å². The van der Waals surface area contributed by atoms with Crippen LogP contribution in [0.5, 0.6) is 0 Å². The van der Waals surface area contributed by atoms with Gasteiger partial charge in [0.1, 0.15) is 0 Å². The summed E-state index contributed by atoms with van der Waals surface area (Å²) in [6.07, 6.45) is 9.75. The molecule has 0 bridgehead atoms. The van der Waals surface area contributed by atoms with Crippen LogP contribution >= 0.6 is 0 Å². The normalized spacial score (nSPS) is 9.33. The first-order valence-electron chi connectivity index (χ1n) is 9.23. The van der Waals surface area contributed by atoms with E-state index in [4.69, 9.17) is 0 Å². The van der Waals surface area contributed by atoms with Gasteiger partial charge in [0.05, 0.1) is 0 Å². The van der Waals surface area contributed by atoms with Gasteiger partial charge in [-0.3, -0.25) is 0 Å². The van der Waals surface area contributed by atoms with Crippen molar-refractivity contribution in [1.29, 1.82) is 0 Å². The summed E-state index contributed by atoms with van der Waals surface area (Å²) in [5, 5.41) is 0. The quantitative estimate of drug-likeness (QED) is 0.387. The molecule has 0 spiro atoms. The molecule has 0 heterocycles. The molecular weight excluding hydrogens is 288 g/mol. The van der Waals surface area contributed by atoms with Crippen molar-refractivity contribution in [3.63, 3.8) is 0 Å². The molecule has 0 aliphatic rings. The van der Waals surface area contributed by atoms with Gasteiger partial charge in [-0.25, -0.2) is 0 Å². The van der Waals surface area contributed by atoms with Crippen molar-refractivity contribution >= 4 is 0 Å². The van der Waals surface area contributed by atoms with E-state index in [1.807, 2.05) is 20.8 Å². The molecule has 0 heteroatoms. The monoisotopic (exact) mass is 330 g/mol. The van der Waals surface area contributed by atoms with Crippen molar-refractivity contribution < 1.29 is 0 Å². The third-order valence-electron chi connectivity index (χ3n) is 3.81. The molecule has 1 aromatic rings. The fourth-order valence-corrected chi connectivity index (χ4v) is 3.04. The van der Waals surface area contributed by atoms with Crippen LogP contribution < -0.4 is 0 Å². The maximum absolute atomic E-state index is 4.00. The summed E-state index contributed by atoms with van der Waals surface area (Å²) in [6.45, 7) is 27.6. The van der Waals surface area contributed by atoms with E-state index < -0.39 is 0 Å². The molecule has 1 rings (SSSR count). The number of rotatable bonds is 3. The number of allylic oxidation sites excluding steroid dienone is 1. The van der Waals surface area contributed by atoms with Crippen LogP contribution in [0.1, 0.15) is 108 Å². The zero-order chi connectivity index (χ0) is 20.0. The van der Waals surface area contributed by atoms with Gasteiger partial charge in [-0.1, -0.05) is 67.5 Å². The fourth-order valence-electron chi connectivity index (χ4n) is 3.04. The van der Waals surface area contributed by atoms with E-state index in [1.165, 1.54) is 22.3 Å². The maximum Gasteiger partial charge on any atom is -0.0213 e. The Hall–Kier alpha value is -1.48. The number of hydrogen-bond acceptors (Lipinski definition) is 0. The lowest BCUT2D eigenvalue weighted by molar-refractivity contribution is 0.779. The van der Waals surface area contributed by atoms with E-state index in [9.17, 15) is 0 Å². The highest BCUT2D eigenvalue weighted by Gasteiger charge is 2.17. The molecule has 0 amide bonds. The Morgan fingerprint density at radius 2 is 1.04 bits per heavy atom. The Bertz CT molecular complexity index is 438. The van der Waals surface area contributed by atoms with Crippen molar-refractivity contribution in [3.05, 3.63) is 46.5 Å². The lowest BCUT2D eigenvalue weighted by Gasteiger charge is -2.24. The highest BCUT2D eigenvalue weighted by atomic mass is 14.2. The summed E-state index contributed by atoms with van der Waals surface area (Å²) in [5.74, 6) is 1.85. The van der Waals surface area contributed by atoms with Crippen LogP contribution in [-0.2, 0) is 0 Å². The molecule has 0 saturated carbocycles. The van der Waals surface area contributed by atoms with Gasteiger partial charge in [-0.15, -0.1) is 19.4 Å². The lowest BCUT2D eigenvalue weighted by atomic mass is 9.81. The Morgan fingerprint density at radius 1 is 0.792 bits per heavy atom. The molecule has 0 aromatic heterocycles. The van der Waals surface area contributed by atoms with Gasteiger partial charge in [-0.05, 0) is 66.3 Å². The molecule has 0 saturated heterocycles. The maximum atomic E-state index is 4.00. The van der Waals surface area contributed by atoms with E-state index >= 15 is 0 Å². The first-order chi connectivity index (χ1) is 11.2. The number of hydrogen-bond donors (Lipinski definition) is 0. The van der Waals surface area contributed by atoms with E-state index in [0.29, 0.717) is 17.8 Å². The summed E-state index contributed by atoms with van der Waals surface area (Å²) >= 11 is 0. The van der Waals surface area contributed by atoms with Crippen LogP contribution in [-0.4, -0.2) is 0 Å². The van der Waals surface area contributed by atoms with E-state index in [-0.39, 0.29) is 0 Å². The minimum absolute atomic E-state index is 0.616. The largest absolute Gasteiger partial charge is 0.124 e. The Balaban J connectivity index is -0.000000549. The summed E-state index contributed by atoms with van der Waals surface area (Å²) in [5.41, 5.74) is 7.65. The Kier molecular flexibility index (Phi) is 17.2. The SMILES string of the molecule is C#C.C=CC.CC.Cc1c(C(C)C)cc(C(C)C)c(C)c1C(C)C. The zero-order valence-corrected chi connectivity index (χ0v) is 18.2. The predicted octanol–water partition coefficient (Wildman–Crippen LogP) is 8.14. The highest BCUT2D eigenvalue weighted by Crippen LogP contribution is 2.34. The van der Waals surface area contributed by atoms with Crippen molar-refractivity contribution in [1.82, 2.24) is 0 Å². The summed E-state index contributed by atoms with van der Waals surface area (Å²) < 4.78 is 0. The molecule has 0 aliphatic heterocycles. The lowest BCUT2D eigenvalue weighted by Crippen LogP contribution is -2.07. The summed E-state index contributed by atoms with van der Waals surface area (Å²) in [6, 6.07) is 2.44. The van der Waals surface area contributed by atoms with E-state index in [1.54, 1.807) is 11.6 Å². The molecule has 138 valence electrons. The first kappa shape index (κ1) is 27.4. The fraction of sp³-hybridized carbons (Fsp3) is 0.583. The Labute approximate surface area is 153 Å². The molecule has 0 fully saturated rings. The van der Waals surface area contributed by atoms with Gasteiger partial charge in [0.2, 0.25) is 0 Å². The van der Waals surface area contributed by atoms with Crippen molar-refractivity contribution in [2.24, 2.45) is 0 Å². The minimum atomic E-state index is 0.616. The van der Waals surface area contributed by atoms with Gasteiger partial charge in [0, 0.05) is 0 Å². The van der Waals surface area contributed by atoms with Crippen LogP contribution in [0.15, 0.2) is 18.7 Å². The van der Waals surface area contributed by atoms with E-state index in [2.05, 4.69) is 80.9 Å². The zero-order valence-electron chi connectivity index (χ0n) is 18.2. The average molecular weight is 331 g/mol. The van der Waals surface area contributed by atoms with Crippen LogP contribution in [0.25, 0.3) is 0 Å². The highest BCUT2D eigenvalue weighted by molar-refractivity contribution is 5.48. The number of terminal acetylenes is 1. The van der Waals surface area contributed by atoms with Crippen LogP contribution in [0, 0.1) is 26.7 Å². The van der Waals surface area contributed by atoms with E-state index in [0.717, 1.165) is 0 Å². The molecule has 1 aromatic carbocycles. The molecule has 0 N–H and O–H groups in total. The molecule has 24 heavy (non-hydrogen) atoms. The van der Waals surface area contributed by atoms with Crippen molar-refractivity contribution in [2.45, 2.75) is 93.9 Å². The van der Waals surface area contributed by atoms with Crippen molar-refractivity contribution in [2.75, 3.05) is 0 Å². The summed E-state index contributed by atoms with van der Waals surface area (Å²) in [7, 11) is 0. The van der Waals surface area contributed by atoms with Crippen LogP contribution in [0.2, 0.25) is 0 Å². The Morgan fingerprint density at radius 3 is 1.21 bits per heavy atom. The smallest absolute Gasteiger partial charge is 0.0213 e.